The Morgan fingerprint density at radius 3 is 2.65 bits per heavy atom. The van der Waals surface area contributed by atoms with Crippen molar-refractivity contribution in [3.05, 3.63) is 29.6 Å². The second-order valence-electron chi connectivity index (χ2n) is 5.04. The summed E-state index contributed by atoms with van der Waals surface area (Å²) in [5.74, 6) is 5.43. The fourth-order valence-corrected chi connectivity index (χ4v) is 1.33. The summed E-state index contributed by atoms with van der Waals surface area (Å²) in [6.45, 7) is 5.44. The van der Waals surface area contributed by atoms with Crippen LogP contribution in [0.5, 0.6) is 5.75 Å². The highest BCUT2D eigenvalue weighted by Crippen LogP contribution is 2.14. The van der Waals surface area contributed by atoms with Gasteiger partial charge in [0, 0.05) is 11.6 Å². The molecule has 108 valence electrons. The van der Waals surface area contributed by atoms with Crippen LogP contribution in [0.2, 0.25) is 0 Å². The van der Waals surface area contributed by atoms with E-state index < -0.39 is 17.5 Å². The predicted octanol–water partition coefficient (Wildman–Crippen LogP) is 2.71. The number of carbonyl (C=O) groups excluding carboxylic acids is 1. The fourth-order valence-electron chi connectivity index (χ4n) is 1.33. The maximum atomic E-state index is 13.2. The Morgan fingerprint density at radius 2 is 2.05 bits per heavy atom. The first-order chi connectivity index (χ1) is 9.30. The summed E-state index contributed by atoms with van der Waals surface area (Å²) in [6, 6.07) is 4.18. The molecule has 5 heteroatoms. The van der Waals surface area contributed by atoms with Crippen LogP contribution in [0.3, 0.4) is 0 Å². The van der Waals surface area contributed by atoms with Gasteiger partial charge < -0.3 is 14.8 Å². The first-order valence-corrected chi connectivity index (χ1v) is 6.10. The van der Waals surface area contributed by atoms with Gasteiger partial charge in [-0.05, 0) is 32.9 Å². The molecular formula is C15H18FNO3. The van der Waals surface area contributed by atoms with E-state index in [1.165, 1.54) is 19.2 Å². The average molecular weight is 279 g/mol. The van der Waals surface area contributed by atoms with Gasteiger partial charge in [0.15, 0.2) is 0 Å². The molecule has 0 fully saturated rings. The van der Waals surface area contributed by atoms with E-state index in [0.717, 1.165) is 0 Å². The number of hydrogen-bond donors (Lipinski definition) is 1. The van der Waals surface area contributed by atoms with Crippen molar-refractivity contribution in [3.63, 3.8) is 0 Å². The van der Waals surface area contributed by atoms with Crippen LogP contribution in [0.4, 0.5) is 9.18 Å². The maximum Gasteiger partial charge on any atom is 0.408 e. The highest BCUT2D eigenvalue weighted by atomic mass is 19.1. The molecular weight excluding hydrogens is 261 g/mol. The van der Waals surface area contributed by atoms with E-state index in [2.05, 4.69) is 17.2 Å². The monoisotopic (exact) mass is 279 g/mol. The number of nitrogens with one attached hydrogen (secondary N) is 1. The third kappa shape index (κ3) is 6.10. The second-order valence-corrected chi connectivity index (χ2v) is 5.04. The van der Waals surface area contributed by atoms with Gasteiger partial charge in [-0.25, -0.2) is 9.18 Å². The standard InChI is InChI=1S/C15H18FNO3/c1-15(2,3)20-14(18)17-7-5-6-11-8-12(16)10-13(9-11)19-4/h8-10H,7H2,1-4H3,(H,17,18). The molecule has 0 aromatic heterocycles. The van der Waals surface area contributed by atoms with E-state index in [-0.39, 0.29) is 6.54 Å². The minimum atomic E-state index is -0.548. The third-order valence-corrected chi connectivity index (χ3v) is 2.06. The topological polar surface area (TPSA) is 47.6 Å². The number of ether oxygens (including phenoxy) is 2. The Bertz CT molecular complexity index is 538. The van der Waals surface area contributed by atoms with E-state index in [4.69, 9.17) is 9.47 Å². The lowest BCUT2D eigenvalue weighted by molar-refractivity contribution is 0.0535. The quantitative estimate of drug-likeness (QED) is 0.847. The van der Waals surface area contributed by atoms with Gasteiger partial charge >= 0.3 is 6.09 Å². The average Bonchev–Trinajstić information content (AvgIpc) is 2.32. The van der Waals surface area contributed by atoms with Crippen molar-refractivity contribution in [1.82, 2.24) is 5.32 Å². The van der Waals surface area contributed by atoms with Crippen LogP contribution in [0.25, 0.3) is 0 Å². The number of carbonyl (C=O) groups is 1. The van der Waals surface area contributed by atoms with Gasteiger partial charge in [0.1, 0.15) is 17.2 Å². The number of amides is 1. The number of hydrogen-bond acceptors (Lipinski definition) is 3. The summed E-state index contributed by atoms with van der Waals surface area (Å²) < 4.78 is 23.2. The van der Waals surface area contributed by atoms with Gasteiger partial charge in [0.25, 0.3) is 0 Å². The Kier molecular flexibility index (Phi) is 5.39. The summed E-state index contributed by atoms with van der Waals surface area (Å²) in [4.78, 5) is 11.3. The van der Waals surface area contributed by atoms with Crippen molar-refractivity contribution < 1.29 is 18.7 Å². The molecule has 0 aliphatic rings. The first kappa shape index (κ1) is 15.8. The molecule has 0 heterocycles. The molecule has 1 rings (SSSR count). The van der Waals surface area contributed by atoms with Crippen LogP contribution in [0.1, 0.15) is 26.3 Å². The van der Waals surface area contributed by atoms with Gasteiger partial charge in [-0.2, -0.15) is 0 Å². The highest BCUT2D eigenvalue weighted by Gasteiger charge is 2.14. The molecule has 0 saturated heterocycles. The lowest BCUT2D eigenvalue weighted by Crippen LogP contribution is -2.32. The van der Waals surface area contributed by atoms with Gasteiger partial charge in [0.05, 0.1) is 13.7 Å². The van der Waals surface area contributed by atoms with E-state index in [1.807, 2.05) is 0 Å². The summed E-state index contributed by atoms with van der Waals surface area (Å²) in [5.41, 5.74) is -0.0687. The third-order valence-electron chi connectivity index (χ3n) is 2.06. The van der Waals surface area contributed by atoms with Gasteiger partial charge in [-0.1, -0.05) is 11.8 Å². The SMILES string of the molecule is COc1cc(F)cc(C#CCNC(=O)OC(C)(C)C)c1. The minimum absolute atomic E-state index is 0.119. The number of alkyl carbamates (subject to hydrolysis) is 1. The lowest BCUT2D eigenvalue weighted by atomic mass is 10.2. The van der Waals surface area contributed by atoms with E-state index in [9.17, 15) is 9.18 Å². The van der Waals surface area contributed by atoms with Crippen molar-refractivity contribution in [3.8, 4) is 17.6 Å². The predicted molar refractivity (Wildman–Crippen MR) is 74.1 cm³/mol. The highest BCUT2D eigenvalue weighted by molar-refractivity contribution is 5.68. The first-order valence-electron chi connectivity index (χ1n) is 6.10. The van der Waals surface area contributed by atoms with E-state index >= 15 is 0 Å². The van der Waals surface area contributed by atoms with Crippen molar-refractivity contribution in [2.45, 2.75) is 26.4 Å². The molecule has 0 saturated carbocycles. The molecule has 0 spiro atoms. The van der Waals surface area contributed by atoms with E-state index in [1.54, 1.807) is 26.8 Å². The number of methoxy groups -OCH3 is 1. The number of benzene rings is 1. The Labute approximate surface area is 118 Å². The van der Waals surface area contributed by atoms with Crippen LogP contribution in [0, 0.1) is 17.7 Å². The van der Waals surface area contributed by atoms with Crippen LogP contribution >= 0.6 is 0 Å². The van der Waals surface area contributed by atoms with Crippen molar-refractivity contribution in [2.75, 3.05) is 13.7 Å². The number of halogens is 1. The second kappa shape index (κ2) is 6.80. The Morgan fingerprint density at radius 1 is 1.35 bits per heavy atom. The molecule has 0 radical (unpaired) electrons. The largest absolute Gasteiger partial charge is 0.497 e. The van der Waals surface area contributed by atoms with Crippen LogP contribution in [-0.4, -0.2) is 25.3 Å². The molecule has 1 N–H and O–H groups in total. The molecule has 0 aliphatic heterocycles. The molecule has 4 nitrogen and oxygen atoms in total. The van der Waals surface area contributed by atoms with Gasteiger partial charge in [-0.3, -0.25) is 0 Å². The van der Waals surface area contributed by atoms with Crippen molar-refractivity contribution in [2.24, 2.45) is 0 Å². The summed E-state index contributed by atoms with van der Waals surface area (Å²) >= 11 is 0. The molecule has 1 aromatic rings. The van der Waals surface area contributed by atoms with Crippen molar-refractivity contribution in [1.29, 1.82) is 0 Å². The van der Waals surface area contributed by atoms with Crippen LogP contribution in [0.15, 0.2) is 18.2 Å². The Hall–Kier alpha value is -2.22. The van der Waals surface area contributed by atoms with Gasteiger partial charge in [0.2, 0.25) is 0 Å². The molecule has 1 aromatic carbocycles. The molecule has 0 unspecified atom stereocenters. The zero-order valence-corrected chi connectivity index (χ0v) is 12.0. The van der Waals surface area contributed by atoms with Crippen LogP contribution in [-0.2, 0) is 4.74 Å². The molecule has 0 aliphatic carbocycles. The lowest BCUT2D eigenvalue weighted by Gasteiger charge is -2.18. The van der Waals surface area contributed by atoms with Crippen molar-refractivity contribution >= 4 is 6.09 Å². The number of rotatable bonds is 2. The summed E-state index contributed by atoms with van der Waals surface area (Å²) in [5, 5.41) is 2.49. The zero-order valence-electron chi connectivity index (χ0n) is 12.0. The van der Waals surface area contributed by atoms with Crippen LogP contribution < -0.4 is 10.1 Å². The zero-order chi connectivity index (χ0) is 15.2. The molecule has 0 bridgehead atoms. The van der Waals surface area contributed by atoms with Gasteiger partial charge in [-0.15, -0.1) is 0 Å². The maximum absolute atomic E-state index is 13.2. The fraction of sp³-hybridized carbons (Fsp3) is 0.400. The summed E-state index contributed by atoms with van der Waals surface area (Å²) in [6.07, 6.45) is -0.538. The minimum Gasteiger partial charge on any atom is -0.497 e. The molecule has 0 atom stereocenters. The normalized spacial score (nSPS) is 10.2. The summed E-state index contributed by atoms with van der Waals surface area (Å²) in [7, 11) is 1.45. The van der Waals surface area contributed by atoms with E-state index in [0.29, 0.717) is 11.3 Å². The molecule has 1 amide bonds. The smallest absolute Gasteiger partial charge is 0.408 e. The molecule has 20 heavy (non-hydrogen) atoms. The Balaban J connectivity index is 2.55.